The van der Waals surface area contributed by atoms with Crippen molar-refractivity contribution in [1.82, 2.24) is 40.2 Å². The van der Waals surface area contributed by atoms with Crippen molar-refractivity contribution in [3.05, 3.63) is 65.8 Å². The van der Waals surface area contributed by atoms with Crippen molar-refractivity contribution in [1.29, 1.82) is 0 Å². The molecule has 174 valence electrons. The van der Waals surface area contributed by atoms with Gasteiger partial charge in [-0.1, -0.05) is 0 Å². The Labute approximate surface area is 194 Å². The maximum Gasteiger partial charge on any atom is 0.168 e. The topological polar surface area (TPSA) is 117 Å². The normalized spacial score (nSPS) is 15.9. The van der Waals surface area contributed by atoms with Crippen LogP contribution in [0.5, 0.6) is 5.75 Å². The zero-order valence-corrected chi connectivity index (χ0v) is 18.5. The molecule has 1 fully saturated rings. The summed E-state index contributed by atoms with van der Waals surface area (Å²) in [5.74, 6) is -0.433. The molecular weight excluding hydrogens is 441 g/mol. The van der Waals surface area contributed by atoms with E-state index in [9.17, 15) is 9.18 Å². The summed E-state index contributed by atoms with van der Waals surface area (Å²) in [4.78, 5) is 19.4. The summed E-state index contributed by atoms with van der Waals surface area (Å²) in [6.45, 7) is 2.78. The lowest BCUT2D eigenvalue weighted by molar-refractivity contribution is 0.111. The van der Waals surface area contributed by atoms with Crippen LogP contribution in [0.15, 0.2) is 43.0 Å². The van der Waals surface area contributed by atoms with Gasteiger partial charge in [0, 0.05) is 30.1 Å². The van der Waals surface area contributed by atoms with E-state index < -0.39 is 5.82 Å². The molecule has 0 bridgehead atoms. The Balaban J connectivity index is 1.31. The fraction of sp³-hybridized carbons (Fsp3) is 0.318. The Hall–Kier alpha value is -4.22. The van der Waals surface area contributed by atoms with E-state index in [1.165, 1.54) is 23.1 Å². The van der Waals surface area contributed by atoms with Gasteiger partial charge in [-0.15, -0.1) is 5.10 Å². The summed E-state index contributed by atoms with van der Waals surface area (Å²) in [7, 11) is 0. The zero-order valence-electron chi connectivity index (χ0n) is 18.5. The molecule has 11 nitrogen and oxygen atoms in total. The molecule has 1 aliphatic rings. The highest BCUT2D eigenvalue weighted by Crippen LogP contribution is 2.33. The SMILES string of the molecule is Cc1c(N2CCCCC2n2ncc(COc3ccc(-n4cnnn4)cc3F)n2)ccnc1C=O. The Kier molecular flexibility index (Phi) is 5.93. The molecule has 12 heteroatoms. The van der Waals surface area contributed by atoms with Gasteiger partial charge < -0.3 is 9.64 Å². The minimum Gasteiger partial charge on any atom is -0.484 e. The number of carbonyl (C=O) groups excluding carboxylic acids is 1. The molecule has 4 heterocycles. The maximum atomic E-state index is 14.5. The van der Waals surface area contributed by atoms with Crippen molar-refractivity contribution in [2.45, 2.75) is 39.0 Å². The lowest BCUT2D eigenvalue weighted by Gasteiger charge is -2.37. The van der Waals surface area contributed by atoms with E-state index in [-0.39, 0.29) is 18.5 Å². The molecule has 0 radical (unpaired) electrons. The third-order valence-electron chi connectivity index (χ3n) is 5.83. The number of aldehydes is 1. The van der Waals surface area contributed by atoms with Crippen LogP contribution in [-0.4, -0.2) is 53.0 Å². The van der Waals surface area contributed by atoms with Crippen LogP contribution in [0.4, 0.5) is 10.1 Å². The number of nitrogens with zero attached hydrogens (tertiary/aromatic N) is 9. The first-order valence-corrected chi connectivity index (χ1v) is 10.9. The molecule has 1 aliphatic heterocycles. The van der Waals surface area contributed by atoms with Gasteiger partial charge in [0.05, 0.1) is 11.9 Å². The lowest BCUT2D eigenvalue weighted by atomic mass is 10.0. The predicted octanol–water partition coefficient (Wildman–Crippen LogP) is 2.68. The van der Waals surface area contributed by atoms with Gasteiger partial charge in [-0.2, -0.15) is 15.0 Å². The number of piperidine rings is 1. The molecular formula is C22H22FN9O2. The van der Waals surface area contributed by atoms with E-state index in [4.69, 9.17) is 4.74 Å². The second kappa shape index (κ2) is 9.33. The molecule has 1 saturated heterocycles. The van der Waals surface area contributed by atoms with Crippen molar-refractivity contribution >= 4 is 12.0 Å². The smallest absolute Gasteiger partial charge is 0.168 e. The Morgan fingerprint density at radius 2 is 2.18 bits per heavy atom. The largest absolute Gasteiger partial charge is 0.484 e. The number of anilines is 1. The fourth-order valence-electron chi connectivity index (χ4n) is 4.11. The molecule has 0 amide bonds. The van der Waals surface area contributed by atoms with Crippen LogP contribution in [0.1, 0.15) is 47.2 Å². The van der Waals surface area contributed by atoms with Gasteiger partial charge in [0.1, 0.15) is 30.5 Å². The Bertz CT molecular complexity index is 1290. The van der Waals surface area contributed by atoms with E-state index in [0.717, 1.165) is 43.3 Å². The number of rotatable bonds is 7. The minimum atomic E-state index is -0.530. The summed E-state index contributed by atoms with van der Waals surface area (Å²) in [6.07, 6.45) is 8.26. The van der Waals surface area contributed by atoms with Crippen molar-refractivity contribution in [3.63, 3.8) is 0 Å². The van der Waals surface area contributed by atoms with Crippen molar-refractivity contribution in [3.8, 4) is 11.4 Å². The maximum absolute atomic E-state index is 14.5. The van der Waals surface area contributed by atoms with E-state index in [2.05, 4.69) is 35.6 Å². The predicted molar refractivity (Wildman–Crippen MR) is 118 cm³/mol. The summed E-state index contributed by atoms with van der Waals surface area (Å²) in [5, 5.41) is 19.9. The van der Waals surface area contributed by atoms with Crippen LogP contribution < -0.4 is 9.64 Å². The molecule has 34 heavy (non-hydrogen) atoms. The van der Waals surface area contributed by atoms with Crippen molar-refractivity contribution in [2.24, 2.45) is 0 Å². The second-order valence-corrected chi connectivity index (χ2v) is 7.94. The van der Waals surface area contributed by atoms with Gasteiger partial charge >= 0.3 is 0 Å². The molecule has 1 atom stereocenters. The summed E-state index contributed by atoms with van der Waals surface area (Å²) < 4.78 is 21.5. The average molecular weight is 463 g/mol. The van der Waals surface area contributed by atoms with Crippen LogP contribution >= 0.6 is 0 Å². The average Bonchev–Trinajstić information content (AvgIpc) is 3.56. The van der Waals surface area contributed by atoms with E-state index >= 15 is 0 Å². The number of carbonyl (C=O) groups is 1. The fourth-order valence-corrected chi connectivity index (χ4v) is 4.11. The summed E-state index contributed by atoms with van der Waals surface area (Å²) in [6, 6.07) is 6.40. The summed E-state index contributed by atoms with van der Waals surface area (Å²) >= 11 is 0. The van der Waals surface area contributed by atoms with Crippen molar-refractivity contribution in [2.75, 3.05) is 11.4 Å². The third-order valence-corrected chi connectivity index (χ3v) is 5.83. The van der Waals surface area contributed by atoms with Crippen LogP contribution in [0.25, 0.3) is 5.69 Å². The van der Waals surface area contributed by atoms with Gasteiger partial charge in [0.25, 0.3) is 0 Å². The number of halogens is 1. The molecule has 4 aromatic rings. The number of pyridine rings is 1. The molecule has 0 N–H and O–H groups in total. The number of ether oxygens (including phenoxy) is 1. The Morgan fingerprint density at radius 3 is 2.97 bits per heavy atom. The highest BCUT2D eigenvalue weighted by Gasteiger charge is 2.27. The van der Waals surface area contributed by atoms with Gasteiger partial charge in [-0.25, -0.2) is 9.07 Å². The quantitative estimate of drug-likeness (QED) is 0.381. The molecule has 0 saturated carbocycles. The first-order valence-electron chi connectivity index (χ1n) is 10.9. The van der Waals surface area contributed by atoms with Gasteiger partial charge in [-0.05, 0) is 54.8 Å². The lowest BCUT2D eigenvalue weighted by Crippen LogP contribution is -2.38. The third kappa shape index (κ3) is 4.21. The zero-order chi connectivity index (χ0) is 23.5. The first-order chi connectivity index (χ1) is 16.6. The number of tetrazole rings is 1. The van der Waals surface area contributed by atoms with Gasteiger partial charge in [0.15, 0.2) is 17.9 Å². The first kappa shape index (κ1) is 21.6. The van der Waals surface area contributed by atoms with E-state index in [1.54, 1.807) is 23.3 Å². The number of hydrogen-bond donors (Lipinski definition) is 0. The standard InChI is InChI=1S/C22H22FN9O2/c1-15-19(12-33)24-8-7-20(15)30-9-3-2-4-22(30)32-26-11-16(27-32)13-34-21-6-5-17(10-18(21)23)31-14-25-28-29-31/h5-8,10-12,14,22H,2-4,9,13H2,1H3. The summed E-state index contributed by atoms with van der Waals surface area (Å²) in [5.41, 5.74) is 3.27. The van der Waals surface area contributed by atoms with Crippen molar-refractivity contribution < 1.29 is 13.9 Å². The number of hydrogen-bond acceptors (Lipinski definition) is 9. The van der Waals surface area contributed by atoms with Gasteiger partial charge in [-0.3, -0.25) is 9.78 Å². The molecule has 1 unspecified atom stereocenters. The van der Waals surface area contributed by atoms with E-state index in [0.29, 0.717) is 17.1 Å². The van der Waals surface area contributed by atoms with Crippen LogP contribution in [0, 0.1) is 12.7 Å². The second-order valence-electron chi connectivity index (χ2n) is 7.94. The van der Waals surface area contributed by atoms with E-state index in [1.807, 2.05) is 13.0 Å². The highest BCUT2D eigenvalue weighted by molar-refractivity contribution is 5.77. The molecule has 0 spiro atoms. The highest BCUT2D eigenvalue weighted by atomic mass is 19.1. The van der Waals surface area contributed by atoms with Crippen LogP contribution in [-0.2, 0) is 6.61 Å². The Morgan fingerprint density at radius 1 is 1.26 bits per heavy atom. The number of aromatic nitrogens is 8. The molecule has 5 rings (SSSR count). The molecule has 3 aromatic heterocycles. The molecule has 1 aromatic carbocycles. The molecule has 0 aliphatic carbocycles. The monoisotopic (exact) mass is 463 g/mol. The van der Waals surface area contributed by atoms with Gasteiger partial charge in [0.2, 0.25) is 0 Å². The minimum absolute atomic E-state index is 0.0669. The number of benzene rings is 1. The van der Waals surface area contributed by atoms with Crippen LogP contribution in [0.3, 0.4) is 0 Å². The van der Waals surface area contributed by atoms with Crippen LogP contribution in [0.2, 0.25) is 0 Å².